The first-order chi connectivity index (χ1) is 20.0. The molecule has 0 unspecified atom stereocenters. The highest BCUT2D eigenvalue weighted by Gasteiger charge is 2.13. The molecule has 0 bridgehead atoms. The van der Waals surface area contributed by atoms with E-state index in [0.29, 0.717) is 0 Å². The summed E-state index contributed by atoms with van der Waals surface area (Å²) in [5.41, 5.74) is 14.8. The SMILES string of the molecule is Cc1c(/C=C/c2ccc(N(C)C)cc2)c(C)c(/C=C/c2ccc(N(C)C)cc2)c(C)c1/C=C/c1ccc(N(C)C)cc1. The van der Waals surface area contributed by atoms with Gasteiger partial charge in [-0.3, -0.25) is 0 Å². The quantitative estimate of drug-likeness (QED) is 0.191. The number of nitrogens with zero attached hydrogens (tertiary/aromatic N) is 3. The predicted molar refractivity (Wildman–Crippen MR) is 190 cm³/mol. The average molecular weight is 556 g/mol. The third kappa shape index (κ3) is 7.22. The van der Waals surface area contributed by atoms with Crippen molar-refractivity contribution in [3.63, 3.8) is 0 Å². The molecule has 0 radical (unpaired) electrons. The standard InChI is InChI=1S/C39H45N3/c1-28-37(25-16-31-10-19-34(20-11-31)40(4)5)29(2)39(27-18-33-14-23-36(24-15-33)42(8)9)30(3)38(28)26-17-32-12-21-35(22-13-32)41(6)7/h10-27H,1-9H3/b25-16+,26-17+,27-18+. The van der Waals surface area contributed by atoms with Gasteiger partial charge in [-0.1, -0.05) is 72.9 Å². The van der Waals surface area contributed by atoms with Crippen molar-refractivity contribution in [3.8, 4) is 0 Å². The van der Waals surface area contributed by atoms with Gasteiger partial charge in [-0.2, -0.15) is 0 Å². The van der Waals surface area contributed by atoms with Crippen LogP contribution in [0.1, 0.15) is 50.1 Å². The third-order valence-electron chi connectivity index (χ3n) is 7.98. The van der Waals surface area contributed by atoms with E-state index < -0.39 is 0 Å². The van der Waals surface area contributed by atoms with Crippen LogP contribution >= 0.6 is 0 Å². The number of hydrogen-bond donors (Lipinski definition) is 0. The molecule has 0 amide bonds. The van der Waals surface area contributed by atoms with Crippen molar-refractivity contribution < 1.29 is 0 Å². The van der Waals surface area contributed by atoms with E-state index in [2.05, 4.69) is 187 Å². The molecule has 3 nitrogen and oxygen atoms in total. The van der Waals surface area contributed by atoms with Crippen LogP contribution in [0.2, 0.25) is 0 Å². The van der Waals surface area contributed by atoms with Gasteiger partial charge < -0.3 is 14.7 Å². The van der Waals surface area contributed by atoms with Crippen LogP contribution < -0.4 is 14.7 Å². The van der Waals surface area contributed by atoms with Crippen molar-refractivity contribution in [1.29, 1.82) is 0 Å². The Balaban J connectivity index is 1.77. The Hall–Kier alpha value is -4.50. The summed E-state index contributed by atoms with van der Waals surface area (Å²) in [5.74, 6) is 0. The van der Waals surface area contributed by atoms with Crippen LogP contribution in [0.25, 0.3) is 36.5 Å². The third-order valence-corrected chi connectivity index (χ3v) is 7.98. The van der Waals surface area contributed by atoms with E-state index in [1.165, 1.54) is 67.1 Å². The van der Waals surface area contributed by atoms with Gasteiger partial charge in [-0.15, -0.1) is 0 Å². The molecule has 0 aliphatic rings. The van der Waals surface area contributed by atoms with E-state index in [9.17, 15) is 0 Å². The smallest absolute Gasteiger partial charge is 0.0361 e. The molecule has 0 spiro atoms. The Labute approximate surface area is 253 Å². The van der Waals surface area contributed by atoms with E-state index in [1.54, 1.807) is 0 Å². The molecule has 0 fully saturated rings. The summed E-state index contributed by atoms with van der Waals surface area (Å²) in [6, 6.07) is 26.1. The molecule has 0 atom stereocenters. The maximum atomic E-state index is 2.28. The van der Waals surface area contributed by atoms with Crippen LogP contribution in [-0.4, -0.2) is 42.3 Å². The highest BCUT2D eigenvalue weighted by Crippen LogP contribution is 2.32. The summed E-state index contributed by atoms with van der Waals surface area (Å²) in [6.07, 6.45) is 13.5. The van der Waals surface area contributed by atoms with E-state index in [0.717, 1.165) is 0 Å². The summed E-state index contributed by atoms with van der Waals surface area (Å²) < 4.78 is 0. The summed E-state index contributed by atoms with van der Waals surface area (Å²) >= 11 is 0. The van der Waals surface area contributed by atoms with Crippen LogP contribution in [-0.2, 0) is 0 Å². The lowest BCUT2D eigenvalue weighted by atomic mass is 9.87. The molecule has 4 rings (SSSR count). The minimum absolute atomic E-state index is 1.19. The fourth-order valence-electron chi connectivity index (χ4n) is 5.22. The van der Waals surface area contributed by atoms with Crippen LogP contribution in [0.15, 0.2) is 72.8 Å². The zero-order valence-electron chi connectivity index (χ0n) is 26.7. The van der Waals surface area contributed by atoms with Crippen molar-refractivity contribution in [2.24, 2.45) is 0 Å². The topological polar surface area (TPSA) is 9.72 Å². The van der Waals surface area contributed by atoms with Crippen LogP contribution in [0.5, 0.6) is 0 Å². The van der Waals surface area contributed by atoms with Gasteiger partial charge in [0, 0.05) is 59.3 Å². The molecular formula is C39H45N3. The predicted octanol–water partition coefficient (Wildman–Crippen LogP) is 9.32. The molecule has 0 aromatic heterocycles. The molecule has 42 heavy (non-hydrogen) atoms. The van der Waals surface area contributed by atoms with Crippen molar-refractivity contribution in [2.45, 2.75) is 20.8 Å². The Morgan fingerprint density at radius 3 is 0.738 bits per heavy atom. The van der Waals surface area contributed by atoms with Crippen LogP contribution in [0.3, 0.4) is 0 Å². The van der Waals surface area contributed by atoms with Gasteiger partial charge in [0.25, 0.3) is 0 Å². The summed E-state index contributed by atoms with van der Waals surface area (Å²) in [4.78, 5) is 6.38. The highest BCUT2D eigenvalue weighted by atomic mass is 15.1. The molecule has 4 aromatic rings. The maximum Gasteiger partial charge on any atom is 0.0361 e. The lowest BCUT2D eigenvalue weighted by Gasteiger charge is -2.18. The minimum Gasteiger partial charge on any atom is -0.378 e. The second kappa shape index (κ2) is 13.4. The lowest BCUT2D eigenvalue weighted by molar-refractivity contribution is 1.13. The monoisotopic (exact) mass is 555 g/mol. The molecule has 0 heterocycles. The van der Waals surface area contributed by atoms with Crippen molar-refractivity contribution in [1.82, 2.24) is 0 Å². The van der Waals surface area contributed by atoms with E-state index in [4.69, 9.17) is 0 Å². The van der Waals surface area contributed by atoms with E-state index in [-0.39, 0.29) is 0 Å². The molecule has 0 saturated carbocycles. The van der Waals surface area contributed by atoms with E-state index in [1.807, 2.05) is 0 Å². The van der Waals surface area contributed by atoms with Gasteiger partial charge in [-0.05, 0) is 107 Å². The molecule has 0 aliphatic carbocycles. The minimum atomic E-state index is 1.19. The average Bonchev–Trinajstić information content (AvgIpc) is 2.97. The normalized spacial score (nSPS) is 11.6. The van der Waals surface area contributed by atoms with Gasteiger partial charge in [0.15, 0.2) is 0 Å². The largest absolute Gasteiger partial charge is 0.378 e. The molecule has 3 heteroatoms. The van der Waals surface area contributed by atoms with Gasteiger partial charge in [0.2, 0.25) is 0 Å². The van der Waals surface area contributed by atoms with Crippen molar-refractivity contribution >= 4 is 53.5 Å². The summed E-state index contributed by atoms with van der Waals surface area (Å²) in [6.45, 7) is 6.74. The Bertz CT molecular complexity index is 1370. The molecule has 216 valence electrons. The lowest BCUT2D eigenvalue weighted by Crippen LogP contribution is -2.07. The van der Waals surface area contributed by atoms with Crippen molar-refractivity contribution in [3.05, 3.63) is 123 Å². The molecule has 0 N–H and O–H groups in total. The molecular weight excluding hydrogens is 510 g/mol. The number of benzene rings is 4. The van der Waals surface area contributed by atoms with Crippen LogP contribution in [0.4, 0.5) is 17.1 Å². The fraction of sp³-hybridized carbons (Fsp3) is 0.231. The first kappa shape index (κ1) is 30.5. The summed E-state index contributed by atoms with van der Waals surface area (Å²) in [7, 11) is 12.4. The second-order valence-electron chi connectivity index (χ2n) is 11.6. The Kier molecular flexibility index (Phi) is 9.75. The first-order valence-electron chi connectivity index (χ1n) is 14.6. The van der Waals surface area contributed by atoms with Gasteiger partial charge in [0.1, 0.15) is 0 Å². The van der Waals surface area contributed by atoms with Gasteiger partial charge in [0.05, 0.1) is 0 Å². The molecule has 0 aliphatic heterocycles. The van der Waals surface area contributed by atoms with Crippen molar-refractivity contribution in [2.75, 3.05) is 57.0 Å². The molecule has 4 aromatic carbocycles. The fourth-order valence-corrected chi connectivity index (χ4v) is 5.22. The Morgan fingerprint density at radius 1 is 0.333 bits per heavy atom. The van der Waals surface area contributed by atoms with Gasteiger partial charge in [-0.25, -0.2) is 0 Å². The van der Waals surface area contributed by atoms with Crippen LogP contribution in [0, 0.1) is 20.8 Å². The second-order valence-corrected chi connectivity index (χ2v) is 11.6. The molecule has 0 saturated heterocycles. The maximum absolute atomic E-state index is 2.28. The number of hydrogen-bond acceptors (Lipinski definition) is 3. The summed E-state index contributed by atoms with van der Waals surface area (Å²) in [5, 5.41) is 0. The first-order valence-corrected chi connectivity index (χ1v) is 14.6. The van der Waals surface area contributed by atoms with Gasteiger partial charge >= 0.3 is 0 Å². The zero-order chi connectivity index (χ0) is 30.4. The Morgan fingerprint density at radius 2 is 0.548 bits per heavy atom. The zero-order valence-corrected chi connectivity index (χ0v) is 26.7. The number of anilines is 3. The highest BCUT2D eigenvalue weighted by molar-refractivity contribution is 5.85. The van der Waals surface area contributed by atoms with E-state index >= 15 is 0 Å². The number of rotatable bonds is 9.